The molecule has 0 fully saturated rings. The van der Waals surface area contributed by atoms with Crippen LogP contribution >= 0.6 is 0 Å². The zero-order valence-electron chi connectivity index (χ0n) is 7.42. The molecule has 0 radical (unpaired) electrons. The summed E-state index contributed by atoms with van der Waals surface area (Å²) in [6.07, 6.45) is 2.60. The summed E-state index contributed by atoms with van der Waals surface area (Å²) in [6, 6.07) is 3.38. The molecule has 70 valence electrons. The van der Waals surface area contributed by atoms with Crippen LogP contribution in [0, 0.1) is 0 Å². The smallest absolute Gasteiger partial charge is 0.423 e. The summed E-state index contributed by atoms with van der Waals surface area (Å²) in [4.78, 5) is 3.82. The van der Waals surface area contributed by atoms with Gasteiger partial charge in [-0.3, -0.25) is 4.98 Å². The van der Waals surface area contributed by atoms with Crippen LogP contribution in [0.1, 0.15) is 13.3 Å². The van der Waals surface area contributed by atoms with Gasteiger partial charge in [0.05, 0.1) is 0 Å². The molecule has 5 heteroatoms. The van der Waals surface area contributed by atoms with Crippen molar-refractivity contribution in [1.29, 1.82) is 0 Å². The highest BCUT2D eigenvalue weighted by atomic mass is 16.6. The predicted molar refractivity (Wildman–Crippen MR) is 49.2 cm³/mol. The first-order chi connectivity index (χ1) is 6.24. The monoisotopic (exact) mass is 181 g/mol. The Balaban J connectivity index is 2.53. The number of hydrogen-bond acceptors (Lipinski definition) is 4. The molecule has 0 amide bonds. The Morgan fingerprint density at radius 1 is 1.69 bits per heavy atom. The number of aliphatic hydroxyl groups excluding tert-OH is 1. The van der Waals surface area contributed by atoms with Gasteiger partial charge in [-0.05, 0) is 12.5 Å². The third-order valence-electron chi connectivity index (χ3n) is 1.60. The van der Waals surface area contributed by atoms with E-state index in [4.69, 9.17) is 9.76 Å². The van der Waals surface area contributed by atoms with E-state index in [-0.39, 0.29) is 0 Å². The second-order valence-electron chi connectivity index (χ2n) is 2.64. The third kappa shape index (κ3) is 3.14. The van der Waals surface area contributed by atoms with E-state index in [1.807, 2.05) is 0 Å². The van der Waals surface area contributed by atoms with Crippen LogP contribution in [0.3, 0.4) is 0 Å². The van der Waals surface area contributed by atoms with Crippen molar-refractivity contribution in [2.75, 3.05) is 0 Å². The number of nitrogens with zero attached hydrogens (tertiary/aromatic N) is 1. The molecule has 0 aliphatic rings. The highest BCUT2D eigenvalue weighted by Crippen LogP contribution is 1.94. The summed E-state index contributed by atoms with van der Waals surface area (Å²) < 4.78 is 4.86. The molecule has 1 atom stereocenters. The van der Waals surface area contributed by atoms with Crippen molar-refractivity contribution in [3.8, 4) is 0 Å². The Morgan fingerprint density at radius 2 is 2.46 bits per heavy atom. The van der Waals surface area contributed by atoms with Gasteiger partial charge in [-0.25, -0.2) is 0 Å². The van der Waals surface area contributed by atoms with Crippen LogP contribution in [-0.4, -0.2) is 28.5 Å². The van der Waals surface area contributed by atoms with Gasteiger partial charge < -0.3 is 14.8 Å². The lowest BCUT2D eigenvalue weighted by Crippen LogP contribution is -2.37. The molecule has 1 unspecified atom stereocenters. The molecule has 2 N–H and O–H groups in total. The summed E-state index contributed by atoms with van der Waals surface area (Å²) in [7, 11) is -1.11. The lowest BCUT2D eigenvalue weighted by molar-refractivity contribution is -0.0308. The maximum Gasteiger partial charge on any atom is 0.494 e. The van der Waals surface area contributed by atoms with Crippen LogP contribution in [0.15, 0.2) is 24.5 Å². The fourth-order valence-corrected chi connectivity index (χ4v) is 0.846. The molecule has 1 rings (SSSR count). The van der Waals surface area contributed by atoms with Crippen LogP contribution in [0.25, 0.3) is 0 Å². The first-order valence-electron chi connectivity index (χ1n) is 4.15. The lowest BCUT2D eigenvalue weighted by atomic mass is 9.81. The van der Waals surface area contributed by atoms with E-state index in [1.54, 1.807) is 25.3 Å². The molecule has 0 saturated heterocycles. The fraction of sp³-hybridized carbons (Fsp3) is 0.375. The van der Waals surface area contributed by atoms with Crippen LogP contribution in [0.2, 0.25) is 0 Å². The number of hydrogen-bond donors (Lipinski definition) is 2. The van der Waals surface area contributed by atoms with Gasteiger partial charge in [-0.2, -0.15) is 0 Å². The molecule has 0 bridgehead atoms. The zero-order valence-corrected chi connectivity index (χ0v) is 7.42. The quantitative estimate of drug-likeness (QED) is 0.486. The Morgan fingerprint density at radius 3 is 3.00 bits per heavy atom. The average molecular weight is 181 g/mol. The molecule has 1 aromatic heterocycles. The minimum absolute atomic E-state index is 0.442. The van der Waals surface area contributed by atoms with Gasteiger partial charge in [0.1, 0.15) is 6.29 Å². The van der Waals surface area contributed by atoms with Crippen molar-refractivity contribution in [2.24, 2.45) is 0 Å². The number of aromatic nitrogens is 1. The molecule has 0 aromatic carbocycles. The average Bonchev–Trinajstić information content (AvgIpc) is 2.19. The third-order valence-corrected chi connectivity index (χ3v) is 1.60. The topological polar surface area (TPSA) is 62.6 Å². The first-order valence-corrected chi connectivity index (χ1v) is 4.15. The van der Waals surface area contributed by atoms with Gasteiger partial charge in [0, 0.05) is 17.9 Å². The summed E-state index contributed by atoms with van der Waals surface area (Å²) >= 11 is 0. The number of pyridine rings is 1. The van der Waals surface area contributed by atoms with E-state index in [2.05, 4.69) is 4.98 Å². The largest absolute Gasteiger partial charge is 0.494 e. The van der Waals surface area contributed by atoms with Gasteiger partial charge in [0.15, 0.2) is 0 Å². The molecular formula is C8H12BNO3. The highest BCUT2D eigenvalue weighted by Gasteiger charge is 2.19. The Bertz CT molecular complexity index is 244. The van der Waals surface area contributed by atoms with Crippen LogP contribution in [-0.2, 0) is 4.65 Å². The molecular weight excluding hydrogens is 169 g/mol. The SMILES string of the molecule is CCC(O)OB(O)c1cccnc1. The van der Waals surface area contributed by atoms with Crippen LogP contribution in [0.4, 0.5) is 0 Å². The van der Waals surface area contributed by atoms with E-state index in [1.165, 1.54) is 6.20 Å². The second kappa shape index (κ2) is 4.96. The molecule has 0 aliphatic carbocycles. The molecule has 0 saturated carbocycles. The van der Waals surface area contributed by atoms with Gasteiger partial charge in [-0.15, -0.1) is 0 Å². The molecule has 1 aromatic rings. The van der Waals surface area contributed by atoms with Crippen LogP contribution < -0.4 is 5.46 Å². The molecule has 1 heterocycles. The van der Waals surface area contributed by atoms with Gasteiger partial charge in [0.2, 0.25) is 0 Å². The van der Waals surface area contributed by atoms with Crippen molar-refractivity contribution < 1.29 is 14.8 Å². The minimum atomic E-state index is -1.11. The summed E-state index contributed by atoms with van der Waals surface area (Å²) in [5, 5.41) is 18.5. The van der Waals surface area contributed by atoms with E-state index < -0.39 is 13.4 Å². The molecule has 0 spiro atoms. The standard InChI is InChI=1S/C8H12BNO3/c1-2-8(11)13-9(12)7-4-3-5-10-6-7/h3-6,8,11-12H,2H2,1H3. The van der Waals surface area contributed by atoms with E-state index in [0.717, 1.165) is 0 Å². The first kappa shape index (κ1) is 10.2. The lowest BCUT2D eigenvalue weighted by Gasteiger charge is -2.12. The van der Waals surface area contributed by atoms with Crippen LogP contribution in [0.5, 0.6) is 0 Å². The number of aliphatic hydroxyl groups is 1. The normalized spacial score (nSPS) is 12.5. The van der Waals surface area contributed by atoms with E-state index >= 15 is 0 Å². The van der Waals surface area contributed by atoms with Crippen molar-refractivity contribution in [1.82, 2.24) is 4.98 Å². The van der Waals surface area contributed by atoms with E-state index in [9.17, 15) is 5.02 Å². The van der Waals surface area contributed by atoms with Crippen molar-refractivity contribution in [3.05, 3.63) is 24.5 Å². The Kier molecular flexibility index (Phi) is 3.88. The molecule has 13 heavy (non-hydrogen) atoms. The van der Waals surface area contributed by atoms with Crippen molar-refractivity contribution in [3.63, 3.8) is 0 Å². The van der Waals surface area contributed by atoms with Crippen molar-refractivity contribution in [2.45, 2.75) is 19.6 Å². The maximum absolute atomic E-state index is 9.40. The Hall–Kier alpha value is -0.905. The molecule has 0 aliphatic heterocycles. The molecule has 4 nitrogen and oxygen atoms in total. The predicted octanol–water partition coefficient (Wildman–Crippen LogP) is -0.486. The van der Waals surface area contributed by atoms with Crippen molar-refractivity contribution >= 4 is 12.6 Å². The summed E-state index contributed by atoms with van der Waals surface area (Å²) in [6.45, 7) is 1.76. The number of rotatable bonds is 4. The van der Waals surface area contributed by atoms with Gasteiger partial charge >= 0.3 is 7.12 Å². The van der Waals surface area contributed by atoms with Gasteiger partial charge in [0.25, 0.3) is 0 Å². The Labute approximate surface area is 77.3 Å². The fourth-order valence-electron chi connectivity index (χ4n) is 0.846. The second-order valence-corrected chi connectivity index (χ2v) is 2.64. The summed E-state index contributed by atoms with van der Waals surface area (Å²) in [5.74, 6) is 0. The minimum Gasteiger partial charge on any atom is -0.423 e. The van der Waals surface area contributed by atoms with E-state index in [0.29, 0.717) is 11.9 Å². The highest BCUT2D eigenvalue weighted by molar-refractivity contribution is 6.59. The van der Waals surface area contributed by atoms with Gasteiger partial charge in [-0.1, -0.05) is 13.0 Å². The summed E-state index contributed by atoms with van der Waals surface area (Å²) in [5.41, 5.74) is 0.537. The maximum atomic E-state index is 9.40. The zero-order chi connectivity index (χ0) is 9.68.